The number of rotatable bonds is 12. The number of anilines is 2. The lowest BCUT2D eigenvalue weighted by atomic mass is 9.86. The molecule has 0 amide bonds. The van der Waals surface area contributed by atoms with E-state index in [0.717, 1.165) is 56.8 Å². The van der Waals surface area contributed by atoms with E-state index >= 15 is 0 Å². The smallest absolute Gasteiger partial charge is 0.433 e. The van der Waals surface area contributed by atoms with Crippen molar-refractivity contribution in [2.75, 3.05) is 63.3 Å². The summed E-state index contributed by atoms with van der Waals surface area (Å²) in [5, 5.41) is 9.08. The number of alkyl halides is 3. The van der Waals surface area contributed by atoms with Crippen LogP contribution in [0, 0.1) is 5.41 Å². The Morgan fingerprint density at radius 1 is 1.08 bits per heavy atom. The average Bonchev–Trinajstić information content (AvgIpc) is 3.71. The van der Waals surface area contributed by atoms with Crippen LogP contribution < -0.4 is 9.80 Å². The Bertz CT molecular complexity index is 1870. The minimum atomic E-state index is -4.59. The molecule has 1 saturated heterocycles. The van der Waals surface area contributed by atoms with Crippen molar-refractivity contribution in [2.24, 2.45) is 5.41 Å². The summed E-state index contributed by atoms with van der Waals surface area (Å²) in [6.07, 6.45) is 4.83. The van der Waals surface area contributed by atoms with Crippen LogP contribution in [0.3, 0.4) is 0 Å². The number of hydrogen-bond donors (Lipinski definition) is 2. The first-order valence-corrected chi connectivity index (χ1v) is 17.6. The van der Waals surface area contributed by atoms with E-state index in [0.29, 0.717) is 78.2 Å². The predicted molar refractivity (Wildman–Crippen MR) is 187 cm³/mol. The number of aromatic amines is 1. The zero-order valence-electron chi connectivity index (χ0n) is 29.2. The van der Waals surface area contributed by atoms with Crippen molar-refractivity contribution in [1.82, 2.24) is 34.8 Å². The molecule has 12 nitrogen and oxygen atoms in total. The molecular weight excluding hydrogens is 663 g/mol. The third-order valence-electron chi connectivity index (χ3n) is 10.5. The monoisotopic (exact) mass is 707 g/mol. The molecule has 3 fully saturated rings. The van der Waals surface area contributed by atoms with Crippen LogP contribution in [-0.2, 0) is 15.7 Å². The summed E-state index contributed by atoms with van der Waals surface area (Å²) in [6, 6.07) is 4.82. The van der Waals surface area contributed by atoms with Gasteiger partial charge in [0.05, 0.1) is 36.8 Å². The molecule has 2 aliphatic carbocycles. The molecule has 3 aliphatic rings. The number of aliphatic carboxylic acids is 1. The molecule has 5 heterocycles. The number of piperazine rings is 1. The SMILES string of the molecule is COCC1(CN(C)c2cc(-c3cc(C4CC4)nc(C(F)(F)F)c3)nc3nc(-c4cnc(N5CCN(CCC(=O)O)[C@H](C)C5)cn4)[nH]c23)CCCC1. The van der Waals surface area contributed by atoms with Gasteiger partial charge in [-0.25, -0.2) is 24.9 Å². The summed E-state index contributed by atoms with van der Waals surface area (Å²) in [6.45, 7) is 6.01. The van der Waals surface area contributed by atoms with Gasteiger partial charge in [-0.3, -0.25) is 9.69 Å². The Hall–Kier alpha value is -4.37. The molecule has 7 rings (SSSR count). The topological polar surface area (TPSA) is 136 Å². The van der Waals surface area contributed by atoms with Gasteiger partial charge in [0.1, 0.15) is 22.7 Å². The molecule has 272 valence electrons. The minimum Gasteiger partial charge on any atom is -0.481 e. The second-order valence-electron chi connectivity index (χ2n) is 14.5. The number of hydrogen-bond acceptors (Lipinski definition) is 10. The first-order chi connectivity index (χ1) is 24.4. The molecule has 1 aliphatic heterocycles. The van der Waals surface area contributed by atoms with E-state index in [4.69, 9.17) is 29.8 Å². The van der Waals surface area contributed by atoms with E-state index in [-0.39, 0.29) is 23.8 Å². The number of nitrogens with zero attached hydrogens (tertiary/aromatic N) is 8. The van der Waals surface area contributed by atoms with Gasteiger partial charge in [-0.05, 0) is 50.8 Å². The average molecular weight is 708 g/mol. The number of carbonyl (C=O) groups is 1. The van der Waals surface area contributed by atoms with Gasteiger partial charge in [-0.1, -0.05) is 12.8 Å². The fourth-order valence-electron chi connectivity index (χ4n) is 7.72. The molecule has 0 unspecified atom stereocenters. The summed E-state index contributed by atoms with van der Waals surface area (Å²) >= 11 is 0. The normalized spacial score (nSPS) is 19.6. The molecule has 51 heavy (non-hydrogen) atoms. The number of pyridine rings is 2. The summed E-state index contributed by atoms with van der Waals surface area (Å²) in [5.74, 6) is 0.384. The molecule has 4 aromatic rings. The number of methoxy groups -OCH3 is 1. The summed E-state index contributed by atoms with van der Waals surface area (Å²) in [5.41, 5.74) is 2.53. The summed E-state index contributed by atoms with van der Waals surface area (Å²) in [4.78, 5) is 43.9. The van der Waals surface area contributed by atoms with E-state index in [1.807, 2.05) is 13.1 Å². The van der Waals surface area contributed by atoms with Crippen LogP contribution in [0.4, 0.5) is 24.7 Å². The lowest BCUT2D eigenvalue weighted by molar-refractivity contribution is -0.141. The Labute approximate surface area is 294 Å². The fraction of sp³-hybridized carbons (Fsp3) is 0.556. The van der Waals surface area contributed by atoms with Gasteiger partial charge >= 0.3 is 12.1 Å². The fourth-order valence-corrected chi connectivity index (χ4v) is 7.72. The molecule has 15 heteroatoms. The zero-order valence-corrected chi connectivity index (χ0v) is 29.2. The van der Waals surface area contributed by atoms with E-state index in [1.165, 1.54) is 0 Å². The first kappa shape index (κ1) is 35.1. The number of H-pyrrole nitrogens is 1. The number of ether oxygens (including phenoxy) is 1. The highest BCUT2D eigenvalue weighted by molar-refractivity contribution is 5.91. The second kappa shape index (κ2) is 14.0. The van der Waals surface area contributed by atoms with Gasteiger partial charge in [0.2, 0.25) is 0 Å². The maximum absolute atomic E-state index is 14.0. The lowest BCUT2D eigenvalue weighted by Crippen LogP contribution is -2.52. The van der Waals surface area contributed by atoms with Crippen molar-refractivity contribution in [3.63, 3.8) is 0 Å². The quantitative estimate of drug-likeness (QED) is 0.179. The van der Waals surface area contributed by atoms with Crippen LogP contribution >= 0.6 is 0 Å². The molecule has 0 bridgehead atoms. The third kappa shape index (κ3) is 7.64. The van der Waals surface area contributed by atoms with Crippen molar-refractivity contribution in [2.45, 2.75) is 70.0 Å². The predicted octanol–water partition coefficient (Wildman–Crippen LogP) is 6.00. The van der Waals surface area contributed by atoms with E-state index < -0.39 is 17.8 Å². The van der Waals surface area contributed by atoms with Crippen molar-refractivity contribution in [1.29, 1.82) is 0 Å². The number of carboxylic acids is 1. The number of halogens is 3. The Morgan fingerprint density at radius 3 is 2.51 bits per heavy atom. The van der Waals surface area contributed by atoms with E-state index in [2.05, 4.69) is 31.6 Å². The maximum atomic E-state index is 14.0. The van der Waals surface area contributed by atoms with Crippen molar-refractivity contribution in [3.8, 4) is 22.8 Å². The second-order valence-corrected chi connectivity index (χ2v) is 14.5. The first-order valence-electron chi connectivity index (χ1n) is 17.6. The maximum Gasteiger partial charge on any atom is 0.433 e. The summed E-state index contributed by atoms with van der Waals surface area (Å²) in [7, 11) is 3.72. The van der Waals surface area contributed by atoms with Crippen molar-refractivity contribution >= 4 is 28.6 Å². The largest absolute Gasteiger partial charge is 0.481 e. The zero-order chi connectivity index (χ0) is 35.9. The number of aromatic nitrogens is 6. The van der Waals surface area contributed by atoms with Crippen LogP contribution in [0.15, 0.2) is 30.6 Å². The van der Waals surface area contributed by atoms with Gasteiger partial charge < -0.3 is 24.6 Å². The Kier molecular flexibility index (Phi) is 9.61. The van der Waals surface area contributed by atoms with Crippen LogP contribution in [-0.4, -0.2) is 105 Å². The minimum absolute atomic E-state index is 0.0238. The van der Waals surface area contributed by atoms with Crippen LogP contribution in [0.25, 0.3) is 33.9 Å². The van der Waals surface area contributed by atoms with Gasteiger partial charge in [-0.15, -0.1) is 0 Å². The van der Waals surface area contributed by atoms with Gasteiger partial charge in [0, 0.05) is 75.5 Å². The summed E-state index contributed by atoms with van der Waals surface area (Å²) < 4.78 is 47.7. The molecule has 2 N–H and O–H groups in total. The molecular formula is C36H44F3N9O3. The molecule has 0 radical (unpaired) electrons. The third-order valence-corrected chi connectivity index (χ3v) is 10.5. The van der Waals surface area contributed by atoms with Gasteiger partial charge in [0.15, 0.2) is 11.5 Å². The van der Waals surface area contributed by atoms with Crippen LogP contribution in [0.5, 0.6) is 0 Å². The lowest BCUT2D eigenvalue weighted by Gasteiger charge is -2.40. The number of fused-ring (bicyclic) bond motifs is 1. The highest BCUT2D eigenvalue weighted by Gasteiger charge is 2.37. The Morgan fingerprint density at radius 2 is 1.86 bits per heavy atom. The van der Waals surface area contributed by atoms with Crippen LogP contribution in [0.1, 0.15) is 69.2 Å². The molecule has 4 aromatic heterocycles. The van der Waals surface area contributed by atoms with E-state index in [9.17, 15) is 18.0 Å². The van der Waals surface area contributed by atoms with Gasteiger partial charge in [0.25, 0.3) is 0 Å². The molecule has 1 atom stereocenters. The molecule has 2 saturated carbocycles. The number of imidazole rings is 1. The van der Waals surface area contributed by atoms with E-state index in [1.54, 1.807) is 25.6 Å². The number of carboxylic acid groups (broad SMARTS) is 1. The number of nitrogens with one attached hydrogen (secondary N) is 1. The Balaban J connectivity index is 1.22. The van der Waals surface area contributed by atoms with Crippen molar-refractivity contribution < 1.29 is 27.8 Å². The van der Waals surface area contributed by atoms with Gasteiger partial charge in [-0.2, -0.15) is 13.2 Å². The highest BCUT2D eigenvalue weighted by atomic mass is 19.4. The highest BCUT2D eigenvalue weighted by Crippen LogP contribution is 2.44. The standard InChI is InChI=1S/C36H44F3N9O3/c1-22-19-48(13-12-47(22)11-8-31(49)50)30-18-40-27(17-41-30)33-44-32-28(46(2)20-35(21-51-3)9-4-5-10-35)16-26(43-34(32)45-33)24-14-25(23-6-7-23)42-29(15-24)36(37,38)39/h14-18,22-23H,4-13,19-21H2,1-3H3,(H,49,50)(H,43,44,45)/t22-/m1/s1. The molecule has 0 spiro atoms. The van der Waals surface area contributed by atoms with Crippen molar-refractivity contribution in [3.05, 3.63) is 42.0 Å². The molecule has 0 aromatic carbocycles. The van der Waals surface area contributed by atoms with Crippen LogP contribution in [0.2, 0.25) is 0 Å².